The van der Waals surface area contributed by atoms with Gasteiger partial charge in [0.25, 0.3) is 0 Å². The Labute approximate surface area is 173 Å². The number of carbonyl (C=O) groups excluding carboxylic acids is 2. The fraction of sp³-hybridized carbons (Fsp3) is 0.273. The summed E-state index contributed by atoms with van der Waals surface area (Å²) in [7, 11) is 0. The number of allylic oxidation sites excluding steroid dienone is 1. The molecule has 7 nitrogen and oxygen atoms in total. The van der Waals surface area contributed by atoms with Gasteiger partial charge in [-0.3, -0.25) is 4.90 Å². The Kier molecular flexibility index (Phi) is 5.07. The third-order valence-electron chi connectivity index (χ3n) is 4.84. The van der Waals surface area contributed by atoms with Gasteiger partial charge in [0.15, 0.2) is 11.5 Å². The molecule has 0 radical (unpaired) electrons. The number of anilines is 1. The van der Waals surface area contributed by atoms with Crippen molar-refractivity contribution in [1.29, 1.82) is 0 Å². The third-order valence-corrected chi connectivity index (χ3v) is 4.84. The highest BCUT2D eigenvalue weighted by molar-refractivity contribution is 6.03. The van der Waals surface area contributed by atoms with Crippen molar-refractivity contribution in [2.24, 2.45) is 0 Å². The first kappa shape index (κ1) is 19.8. The predicted octanol–water partition coefficient (Wildman–Crippen LogP) is 4.05. The summed E-state index contributed by atoms with van der Waals surface area (Å²) >= 11 is 0. The highest BCUT2D eigenvalue weighted by Gasteiger charge is 2.38. The molecule has 0 saturated heterocycles. The molecule has 2 aromatic carbocycles. The van der Waals surface area contributed by atoms with Gasteiger partial charge in [0.2, 0.25) is 6.79 Å². The molecule has 4 rings (SSSR count). The Morgan fingerprint density at radius 2 is 1.97 bits per heavy atom. The van der Waals surface area contributed by atoms with Gasteiger partial charge in [-0.15, -0.1) is 0 Å². The zero-order valence-corrected chi connectivity index (χ0v) is 16.8. The van der Waals surface area contributed by atoms with Crippen LogP contribution in [0.3, 0.4) is 0 Å². The van der Waals surface area contributed by atoms with E-state index in [2.05, 4.69) is 5.32 Å². The van der Waals surface area contributed by atoms with E-state index in [1.165, 1.54) is 23.1 Å². The third kappa shape index (κ3) is 3.56. The molecule has 0 fully saturated rings. The van der Waals surface area contributed by atoms with Crippen LogP contribution in [0.2, 0.25) is 0 Å². The Balaban J connectivity index is 1.82. The molecule has 0 aliphatic carbocycles. The first-order valence-corrected chi connectivity index (χ1v) is 9.52. The summed E-state index contributed by atoms with van der Waals surface area (Å²) < 4.78 is 30.0. The quantitative estimate of drug-likeness (QED) is 0.767. The van der Waals surface area contributed by atoms with Crippen molar-refractivity contribution < 1.29 is 28.2 Å². The molecule has 0 bridgehead atoms. The number of ether oxygens (including phenoxy) is 3. The van der Waals surface area contributed by atoms with Crippen LogP contribution in [0.25, 0.3) is 0 Å². The molecule has 2 aliphatic rings. The summed E-state index contributed by atoms with van der Waals surface area (Å²) in [5.41, 5.74) is 1.56. The van der Waals surface area contributed by atoms with Crippen molar-refractivity contribution in [1.82, 2.24) is 5.32 Å². The van der Waals surface area contributed by atoms with E-state index in [4.69, 9.17) is 14.2 Å². The Morgan fingerprint density at radius 3 is 2.70 bits per heavy atom. The number of esters is 1. The molecule has 1 unspecified atom stereocenters. The van der Waals surface area contributed by atoms with E-state index in [0.717, 1.165) is 0 Å². The standard InChI is InChI=1S/C22H21FN2O5/c1-12(2)30-21(26)19-13(3)25(16-7-8-17-18(10-16)29-11-28-17)22(27)24-20(19)14-5-4-6-15(23)9-14/h4-10,12,20H,11H2,1-3H3,(H,24,27). The molecule has 1 atom stereocenters. The maximum Gasteiger partial charge on any atom is 0.338 e. The summed E-state index contributed by atoms with van der Waals surface area (Å²) in [5.74, 6) is 0.0400. The van der Waals surface area contributed by atoms with E-state index >= 15 is 0 Å². The Hall–Kier alpha value is -3.55. The number of nitrogens with zero attached hydrogens (tertiary/aromatic N) is 1. The molecule has 0 aromatic heterocycles. The summed E-state index contributed by atoms with van der Waals surface area (Å²) in [6.45, 7) is 5.24. The highest BCUT2D eigenvalue weighted by atomic mass is 19.1. The van der Waals surface area contributed by atoms with Gasteiger partial charge in [-0.05, 0) is 50.6 Å². The topological polar surface area (TPSA) is 77.1 Å². The first-order chi connectivity index (χ1) is 14.3. The fourth-order valence-electron chi connectivity index (χ4n) is 3.56. The minimum Gasteiger partial charge on any atom is -0.459 e. The lowest BCUT2D eigenvalue weighted by Crippen LogP contribution is -2.48. The molecule has 2 heterocycles. The Morgan fingerprint density at radius 1 is 1.20 bits per heavy atom. The van der Waals surface area contributed by atoms with Gasteiger partial charge in [-0.25, -0.2) is 14.0 Å². The van der Waals surface area contributed by atoms with Crippen molar-refractivity contribution >= 4 is 17.7 Å². The Bertz CT molecular complexity index is 1050. The number of fused-ring (bicyclic) bond motifs is 1. The second kappa shape index (κ2) is 7.70. The van der Waals surface area contributed by atoms with Gasteiger partial charge in [-0.2, -0.15) is 0 Å². The second-order valence-electron chi connectivity index (χ2n) is 7.26. The number of amides is 2. The smallest absolute Gasteiger partial charge is 0.338 e. The zero-order chi connectivity index (χ0) is 21.4. The maximum atomic E-state index is 13.8. The lowest BCUT2D eigenvalue weighted by atomic mass is 9.94. The summed E-state index contributed by atoms with van der Waals surface area (Å²) in [6.07, 6.45) is -0.359. The van der Waals surface area contributed by atoms with Gasteiger partial charge in [-0.1, -0.05) is 12.1 Å². The number of benzene rings is 2. The number of halogens is 1. The number of carbonyl (C=O) groups is 2. The molecule has 2 aliphatic heterocycles. The van der Waals surface area contributed by atoms with Crippen molar-refractivity contribution in [2.45, 2.75) is 32.9 Å². The second-order valence-corrected chi connectivity index (χ2v) is 7.26. The highest BCUT2D eigenvalue weighted by Crippen LogP contribution is 2.39. The van der Waals surface area contributed by atoms with Crippen molar-refractivity contribution in [3.8, 4) is 11.5 Å². The van der Waals surface area contributed by atoms with Crippen LogP contribution in [0.15, 0.2) is 53.7 Å². The van der Waals surface area contributed by atoms with Gasteiger partial charge in [0, 0.05) is 11.8 Å². The van der Waals surface area contributed by atoms with Crippen molar-refractivity contribution in [3.05, 3.63) is 65.1 Å². The minimum atomic E-state index is -0.843. The van der Waals surface area contributed by atoms with E-state index in [0.29, 0.717) is 28.4 Å². The van der Waals surface area contributed by atoms with Gasteiger partial charge < -0.3 is 19.5 Å². The van der Waals surface area contributed by atoms with Crippen LogP contribution < -0.4 is 19.7 Å². The maximum absolute atomic E-state index is 13.8. The van der Waals surface area contributed by atoms with E-state index in [9.17, 15) is 14.0 Å². The van der Waals surface area contributed by atoms with Crippen LogP contribution in [0.4, 0.5) is 14.9 Å². The fourth-order valence-corrected chi connectivity index (χ4v) is 3.56. The molecular weight excluding hydrogens is 391 g/mol. The van der Waals surface area contributed by atoms with Crippen LogP contribution in [0, 0.1) is 5.82 Å². The van der Waals surface area contributed by atoms with Crippen LogP contribution in [0.5, 0.6) is 11.5 Å². The molecular formula is C22H21FN2O5. The van der Waals surface area contributed by atoms with E-state index in [1.807, 2.05) is 0 Å². The monoisotopic (exact) mass is 412 g/mol. The van der Waals surface area contributed by atoms with Gasteiger partial charge in [0.1, 0.15) is 5.82 Å². The van der Waals surface area contributed by atoms with Crippen LogP contribution in [-0.4, -0.2) is 24.9 Å². The first-order valence-electron chi connectivity index (χ1n) is 9.52. The van der Waals surface area contributed by atoms with Crippen LogP contribution in [-0.2, 0) is 9.53 Å². The van der Waals surface area contributed by atoms with Crippen molar-refractivity contribution in [3.63, 3.8) is 0 Å². The average molecular weight is 412 g/mol. The largest absolute Gasteiger partial charge is 0.459 e. The molecule has 30 heavy (non-hydrogen) atoms. The van der Waals surface area contributed by atoms with Gasteiger partial charge >= 0.3 is 12.0 Å². The molecule has 1 N–H and O–H groups in total. The molecule has 2 aromatic rings. The predicted molar refractivity (Wildman–Crippen MR) is 107 cm³/mol. The normalized spacial score (nSPS) is 18.0. The number of nitrogens with one attached hydrogen (secondary N) is 1. The van der Waals surface area contributed by atoms with E-state index < -0.39 is 23.9 Å². The lowest BCUT2D eigenvalue weighted by Gasteiger charge is -2.35. The number of hydrogen-bond acceptors (Lipinski definition) is 5. The van der Waals surface area contributed by atoms with Crippen LogP contribution >= 0.6 is 0 Å². The molecule has 0 saturated carbocycles. The average Bonchev–Trinajstić information content (AvgIpc) is 3.14. The molecule has 2 amide bonds. The SMILES string of the molecule is CC1=C(C(=O)OC(C)C)C(c2cccc(F)c2)NC(=O)N1c1ccc2c(c1)OCO2. The molecule has 0 spiro atoms. The minimum absolute atomic E-state index is 0.105. The summed E-state index contributed by atoms with van der Waals surface area (Å²) in [6, 6.07) is 9.54. The van der Waals surface area contributed by atoms with E-state index in [-0.39, 0.29) is 18.5 Å². The molecule has 8 heteroatoms. The number of hydrogen-bond donors (Lipinski definition) is 1. The summed E-state index contributed by atoms with van der Waals surface area (Å²) in [5, 5.41) is 2.80. The lowest BCUT2D eigenvalue weighted by molar-refractivity contribution is -0.143. The van der Waals surface area contributed by atoms with Gasteiger partial charge in [0.05, 0.1) is 23.4 Å². The van der Waals surface area contributed by atoms with Crippen LogP contribution in [0.1, 0.15) is 32.4 Å². The zero-order valence-electron chi connectivity index (χ0n) is 16.8. The molecule has 156 valence electrons. The van der Waals surface area contributed by atoms with E-state index in [1.54, 1.807) is 45.0 Å². The number of urea groups is 1. The van der Waals surface area contributed by atoms with Crippen molar-refractivity contribution in [2.75, 3.05) is 11.7 Å². The summed E-state index contributed by atoms with van der Waals surface area (Å²) in [4.78, 5) is 27.4. The number of rotatable bonds is 4.